The van der Waals surface area contributed by atoms with Crippen LogP contribution in [-0.2, 0) is 0 Å². The van der Waals surface area contributed by atoms with Gasteiger partial charge in [0.25, 0.3) is 0 Å². The second-order valence-electron chi connectivity index (χ2n) is 5.00. The van der Waals surface area contributed by atoms with Gasteiger partial charge in [-0.2, -0.15) is 0 Å². The molecule has 1 aromatic rings. The van der Waals surface area contributed by atoms with Crippen molar-refractivity contribution in [1.82, 2.24) is 4.90 Å². The van der Waals surface area contributed by atoms with E-state index in [0.717, 1.165) is 23.6 Å². The summed E-state index contributed by atoms with van der Waals surface area (Å²) >= 11 is 3.46. The largest absolute Gasteiger partial charge is 0.384 e. The Balaban J connectivity index is 1.74. The van der Waals surface area contributed by atoms with Crippen LogP contribution in [0.25, 0.3) is 0 Å². The van der Waals surface area contributed by atoms with Crippen LogP contribution in [0.4, 0.5) is 5.69 Å². The van der Waals surface area contributed by atoms with Gasteiger partial charge in [-0.15, -0.1) is 0 Å². The van der Waals surface area contributed by atoms with E-state index in [0.29, 0.717) is 0 Å². The summed E-state index contributed by atoms with van der Waals surface area (Å²) in [5.41, 5.74) is 1.21. The van der Waals surface area contributed by atoms with E-state index in [4.69, 9.17) is 0 Å². The SMILES string of the molecule is CCN(CCNc1ccc(Br)cc1)C1CCCC1. The number of anilines is 1. The average molecular weight is 311 g/mol. The minimum absolute atomic E-state index is 0.835. The highest BCUT2D eigenvalue weighted by molar-refractivity contribution is 9.10. The smallest absolute Gasteiger partial charge is 0.0341 e. The standard InChI is InChI=1S/C15H23BrN2/c1-2-18(15-5-3-4-6-15)12-11-17-14-9-7-13(16)8-10-14/h7-10,15,17H,2-6,11-12H2,1H3. The molecule has 1 aromatic carbocycles. The van der Waals surface area contributed by atoms with E-state index in [1.807, 2.05) is 0 Å². The Morgan fingerprint density at radius 2 is 1.89 bits per heavy atom. The van der Waals surface area contributed by atoms with Crippen LogP contribution in [0, 0.1) is 0 Å². The molecule has 0 aliphatic heterocycles. The van der Waals surface area contributed by atoms with Crippen molar-refractivity contribution in [2.24, 2.45) is 0 Å². The summed E-state index contributed by atoms with van der Waals surface area (Å²) in [4.78, 5) is 2.62. The van der Waals surface area contributed by atoms with Gasteiger partial charge in [0.2, 0.25) is 0 Å². The molecule has 0 amide bonds. The highest BCUT2D eigenvalue weighted by Gasteiger charge is 2.20. The van der Waals surface area contributed by atoms with E-state index in [1.165, 1.54) is 37.9 Å². The van der Waals surface area contributed by atoms with E-state index in [-0.39, 0.29) is 0 Å². The highest BCUT2D eigenvalue weighted by Crippen LogP contribution is 2.23. The van der Waals surface area contributed by atoms with Gasteiger partial charge >= 0.3 is 0 Å². The first-order valence-corrected chi connectivity index (χ1v) is 7.82. The quantitative estimate of drug-likeness (QED) is 0.850. The zero-order chi connectivity index (χ0) is 12.8. The molecule has 0 heterocycles. The zero-order valence-electron chi connectivity index (χ0n) is 11.2. The van der Waals surface area contributed by atoms with Gasteiger partial charge in [0.05, 0.1) is 0 Å². The van der Waals surface area contributed by atoms with Crippen LogP contribution in [-0.4, -0.2) is 30.6 Å². The lowest BCUT2D eigenvalue weighted by molar-refractivity contribution is 0.217. The number of nitrogens with one attached hydrogen (secondary N) is 1. The van der Waals surface area contributed by atoms with Crippen molar-refractivity contribution in [3.63, 3.8) is 0 Å². The Hall–Kier alpha value is -0.540. The van der Waals surface area contributed by atoms with Crippen LogP contribution >= 0.6 is 15.9 Å². The maximum atomic E-state index is 3.50. The molecule has 1 aliphatic carbocycles. The van der Waals surface area contributed by atoms with Gasteiger partial charge in [-0.3, -0.25) is 4.90 Å². The lowest BCUT2D eigenvalue weighted by Gasteiger charge is -2.27. The third-order valence-corrected chi connectivity index (χ3v) is 4.35. The Labute approximate surface area is 119 Å². The van der Waals surface area contributed by atoms with Crippen molar-refractivity contribution in [2.45, 2.75) is 38.6 Å². The van der Waals surface area contributed by atoms with Crippen LogP contribution in [0.2, 0.25) is 0 Å². The first-order chi connectivity index (χ1) is 8.79. The minimum atomic E-state index is 0.835. The van der Waals surface area contributed by atoms with Gasteiger partial charge in [0.1, 0.15) is 0 Å². The van der Waals surface area contributed by atoms with E-state index in [2.05, 4.69) is 57.3 Å². The van der Waals surface area contributed by atoms with Crippen LogP contribution < -0.4 is 5.32 Å². The summed E-state index contributed by atoms with van der Waals surface area (Å²) in [6.45, 7) is 5.63. The molecule has 1 saturated carbocycles. The number of nitrogens with zero attached hydrogens (tertiary/aromatic N) is 1. The van der Waals surface area contributed by atoms with Crippen molar-refractivity contribution in [2.75, 3.05) is 25.0 Å². The third kappa shape index (κ3) is 3.99. The molecule has 2 rings (SSSR count). The summed E-state index contributed by atoms with van der Waals surface area (Å²) in [6, 6.07) is 9.24. The molecular weight excluding hydrogens is 288 g/mol. The molecular formula is C15H23BrN2. The molecule has 1 N–H and O–H groups in total. The average Bonchev–Trinajstić information content (AvgIpc) is 2.91. The molecule has 0 atom stereocenters. The van der Waals surface area contributed by atoms with E-state index in [1.54, 1.807) is 0 Å². The fourth-order valence-electron chi connectivity index (χ4n) is 2.78. The first kappa shape index (κ1) is 13.9. The summed E-state index contributed by atoms with van der Waals surface area (Å²) in [5, 5.41) is 3.50. The number of halogens is 1. The predicted molar refractivity (Wildman–Crippen MR) is 82.1 cm³/mol. The number of hydrogen-bond donors (Lipinski definition) is 1. The summed E-state index contributed by atoms with van der Waals surface area (Å²) in [7, 11) is 0. The van der Waals surface area contributed by atoms with Crippen molar-refractivity contribution >= 4 is 21.6 Å². The maximum absolute atomic E-state index is 3.50. The van der Waals surface area contributed by atoms with Crippen LogP contribution in [0.3, 0.4) is 0 Å². The molecule has 3 heteroatoms. The molecule has 0 bridgehead atoms. The second-order valence-corrected chi connectivity index (χ2v) is 5.92. The molecule has 1 fully saturated rings. The molecule has 0 spiro atoms. The molecule has 0 saturated heterocycles. The lowest BCUT2D eigenvalue weighted by Crippen LogP contribution is -2.36. The highest BCUT2D eigenvalue weighted by atomic mass is 79.9. The molecule has 2 nitrogen and oxygen atoms in total. The molecule has 0 aromatic heterocycles. The van der Waals surface area contributed by atoms with Crippen molar-refractivity contribution < 1.29 is 0 Å². The third-order valence-electron chi connectivity index (χ3n) is 3.82. The Kier molecular flexibility index (Phi) is 5.51. The summed E-state index contributed by atoms with van der Waals surface area (Å²) in [6.07, 6.45) is 5.63. The van der Waals surface area contributed by atoms with E-state index in [9.17, 15) is 0 Å². The van der Waals surface area contributed by atoms with Crippen LogP contribution in [0.15, 0.2) is 28.7 Å². The van der Waals surface area contributed by atoms with E-state index < -0.39 is 0 Å². The zero-order valence-corrected chi connectivity index (χ0v) is 12.7. The van der Waals surface area contributed by atoms with Crippen LogP contribution in [0.5, 0.6) is 0 Å². The van der Waals surface area contributed by atoms with Crippen molar-refractivity contribution in [3.8, 4) is 0 Å². The Bertz CT molecular complexity index is 344. The van der Waals surface area contributed by atoms with Gasteiger partial charge in [-0.25, -0.2) is 0 Å². The van der Waals surface area contributed by atoms with Gasteiger partial charge in [-0.05, 0) is 43.7 Å². The predicted octanol–water partition coefficient (Wildman–Crippen LogP) is 4.13. The lowest BCUT2D eigenvalue weighted by atomic mass is 10.2. The van der Waals surface area contributed by atoms with Gasteiger partial charge in [-0.1, -0.05) is 35.7 Å². The Morgan fingerprint density at radius 1 is 1.22 bits per heavy atom. The number of likely N-dealkylation sites (N-methyl/N-ethyl adjacent to an activating group) is 1. The van der Waals surface area contributed by atoms with Gasteiger partial charge in [0, 0.05) is 29.3 Å². The Morgan fingerprint density at radius 3 is 2.50 bits per heavy atom. The summed E-state index contributed by atoms with van der Waals surface area (Å²) in [5.74, 6) is 0. The molecule has 100 valence electrons. The van der Waals surface area contributed by atoms with Crippen LogP contribution in [0.1, 0.15) is 32.6 Å². The topological polar surface area (TPSA) is 15.3 Å². The van der Waals surface area contributed by atoms with Gasteiger partial charge < -0.3 is 5.32 Å². The van der Waals surface area contributed by atoms with Crippen molar-refractivity contribution in [3.05, 3.63) is 28.7 Å². The normalized spacial score (nSPS) is 16.4. The number of hydrogen-bond acceptors (Lipinski definition) is 2. The second kappa shape index (κ2) is 7.15. The maximum Gasteiger partial charge on any atom is 0.0341 e. The van der Waals surface area contributed by atoms with Crippen molar-refractivity contribution in [1.29, 1.82) is 0 Å². The minimum Gasteiger partial charge on any atom is -0.384 e. The number of benzene rings is 1. The van der Waals surface area contributed by atoms with E-state index >= 15 is 0 Å². The molecule has 0 unspecified atom stereocenters. The molecule has 0 radical (unpaired) electrons. The first-order valence-electron chi connectivity index (χ1n) is 7.03. The monoisotopic (exact) mass is 310 g/mol. The number of rotatable bonds is 6. The molecule has 18 heavy (non-hydrogen) atoms. The molecule has 1 aliphatic rings. The fourth-order valence-corrected chi connectivity index (χ4v) is 3.04. The fraction of sp³-hybridized carbons (Fsp3) is 0.600. The van der Waals surface area contributed by atoms with Gasteiger partial charge in [0.15, 0.2) is 0 Å². The summed E-state index contributed by atoms with van der Waals surface area (Å²) < 4.78 is 1.13.